The number of alkyl halides is 1. The predicted octanol–water partition coefficient (Wildman–Crippen LogP) is 2.29. The summed E-state index contributed by atoms with van der Waals surface area (Å²) >= 11 is 0. The molecule has 0 radical (unpaired) electrons. The quantitative estimate of drug-likeness (QED) is 0.848. The summed E-state index contributed by atoms with van der Waals surface area (Å²) in [7, 11) is 2.67. The molecule has 2 amide bonds. The SMILES string of the molecule is CC.CNC(=O)c1cc(F)cc(OC)c1N(C=O)C1CC1F. The smallest absolute Gasteiger partial charge is 0.253 e. The first-order valence-corrected chi connectivity index (χ1v) is 7.00. The number of benzene rings is 1. The maximum absolute atomic E-state index is 13.5. The lowest BCUT2D eigenvalue weighted by atomic mass is 10.1. The van der Waals surface area contributed by atoms with Gasteiger partial charge in [-0.05, 0) is 6.07 Å². The Bertz CT molecular complexity index is 552. The van der Waals surface area contributed by atoms with E-state index in [-0.39, 0.29) is 23.4 Å². The van der Waals surface area contributed by atoms with Crippen LogP contribution < -0.4 is 15.0 Å². The van der Waals surface area contributed by atoms with E-state index < -0.39 is 23.9 Å². The molecule has 1 aromatic rings. The minimum absolute atomic E-state index is 0.00907. The van der Waals surface area contributed by atoms with E-state index in [1.807, 2.05) is 13.8 Å². The lowest BCUT2D eigenvalue weighted by Gasteiger charge is -2.22. The monoisotopic (exact) mass is 314 g/mol. The van der Waals surface area contributed by atoms with Gasteiger partial charge in [-0.1, -0.05) is 13.8 Å². The van der Waals surface area contributed by atoms with Crippen molar-refractivity contribution in [1.29, 1.82) is 0 Å². The van der Waals surface area contributed by atoms with Crippen molar-refractivity contribution in [3.05, 3.63) is 23.5 Å². The Balaban J connectivity index is 0.00000116. The van der Waals surface area contributed by atoms with Crippen molar-refractivity contribution in [1.82, 2.24) is 5.32 Å². The first-order chi connectivity index (χ1) is 10.5. The lowest BCUT2D eigenvalue weighted by Crippen LogP contribution is -2.30. The fraction of sp³-hybridized carbons (Fsp3) is 0.467. The zero-order chi connectivity index (χ0) is 16.9. The minimum Gasteiger partial charge on any atom is -0.494 e. The van der Waals surface area contributed by atoms with Crippen LogP contribution >= 0.6 is 0 Å². The highest BCUT2D eigenvalue weighted by molar-refractivity contribution is 6.03. The molecule has 0 aromatic heterocycles. The van der Waals surface area contributed by atoms with Gasteiger partial charge in [-0.25, -0.2) is 8.78 Å². The van der Waals surface area contributed by atoms with Crippen LogP contribution in [-0.4, -0.2) is 38.7 Å². The second kappa shape index (κ2) is 7.72. The number of rotatable bonds is 5. The van der Waals surface area contributed by atoms with Crippen LogP contribution in [0.15, 0.2) is 12.1 Å². The first kappa shape index (κ1) is 17.9. The van der Waals surface area contributed by atoms with E-state index in [0.717, 1.165) is 17.0 Å². The van der Waals surface area contributed by atoms with Gasteiger partial charge >= 0.3 is 0 Å². The molecule has 0 aliphatic heterocycles. The number of carbonyl (C=O) groups excluding carboxylic acids is 2. The lowest BCUT2D eigenvalue weighted by molar-refractivity contribution is -0.107. The van der Waals surface area contributed by atoms with Crippen LogP contribution in [-0.2, 0) is 4.79 Å². The number of anilines is 1. The minimum atomic E-state index is -1.15. The third kappa shape index (κ3) is 3.52. The number of hydrogen-bond donors (Lipinski definition) is 1. The van der Waals surface area contributed by atoms with Gasteiger partial charge in [0.1, 0.15) is 17.7 Å². The molecule has 1 N–H and O–H groups in total. The summed E-state index contributed by atoms with van der Waals surface area (Å²) in [5, 5.41) is 2.35. The van der Waals surface area contributed by atoms with E-state index in [1.165, 1.54) is 14.2 Å². The maximum atomic E-state index is 13.5. The highest BCUT2D eigenvalue weighted by Gasteiger charge is 2.44. The molecule has 5 nitrogen and oxygen atoms in total. The molecule has 22 heavy (non-hydrogen) atoms. The molecule has 1 aliphatic carbocycles. The Hall–Kier alpha value is -2.18. The van der Waals surface area contributed by atoms with Gasteiger partial charge in [-0.2, -0.15) is 0 Å². The highest BCUT2D eigenvalue weighted by atomic mass is 19.1. The normalized spacial score (nSPS) is 18.6. The van der Waals surface area contributed by atoms with Crippen molar-refractivity contribution in [2.24, 2.45) is 0 Å². The first-order valence-electron chi connectivity index (χ1n) is 7.00. The van der Waals surface area contributed by atoms with Gasteiger partial charge < -0.3 is 15.0 Å². The molecule has 122 valence electrons. The predicted molar refractivity (Wildman–Crippen MR) is 79.5 cm³/mol. The molecule has 0 heterocycles. The van der Waals surface area contributed by atoms with Crippen LogP contribution in [0.25, 0.3) is 0 Å². The molecule has 1 saturated carbocycles. The summed E-state index contributed by atoms with van der Waals surface area (Å²) in [5.41, 5.74) is 0.00366. The summed E-state index contributed by atoms with van der Waals surface area (Å²) in [6, 6.07) is 1.40. The number of nitrogens with one attached hydrogen (secondary N) is 1. The standard InChI is InChI=1S/C13H14F2N2O3.C2H6/c1-16-13(19)8-3-7(14)4-11(20-2)12(8)17(6-18)10-5-9(10)15;1-2/h3-4,6,9-10H,5H2,1-2H3,(H,16,19);1-2H3. The molecule has 7 heteroatoms. The van der Waals surface area contributed by atoms with E-state index >= 15 is 0 Å². The van der Waals surface area contributed by atoms with Crippen LogP contribution in [0.4, 0.5) is 14.5 Å². The summed E-state index contributed by atoms with van der Waals surface area (Å²) < 4.78 is 31.7. The molecule has 0 saturated heterocycles. The molecular formula is C15H20F2N2O3. The number of ether oxygens (including phenoxy) is 1. The molecule has 1 aromatic carbocycles. The van der Waals surface area contributed by atoms with Gasteiger partial charge in [-0.15, -0.1) is 0 Å². The third-order valence-electron chi connectivity index (χ3n) is 3.14. The van der Waals surface area contributed by atoms with E-state index in [9.17, 15) is 18.4 Å². The van der Waals surface area contributed by atoms with Crippen LogP contribution in [0.3, 0.4) is 0 Å². The summed E-state index contributed by atoms with van der Waals surface area (Å²) in [6.45, 7) is 4.00. The van der Waals surface area contributed by atoms with Crippen molar-refractivity contribution in [3.63, 3.8) is 0 Å². The van der Waals surface area contributed by atoms with Crippen molar-refractivity contribution >= 4 is 18.0 Å². The van der Waals surface area contributed by atoms with Crippen LogP contribution in [0.5, 0.6) is 5.75 Å². The van der Waals surface area contributed by atoms with Crippen molar-refractivity contribution in [2.75, 3.05) is 19.1 Å². The number of carbonyl (C=O) groups is 2. The number of hydrogen-bond acceptors (Lipinski definition) is 3. The van der Waals surface area contributed by atoms with Gasteiger partial charge in [0.2, 0.25) is 6.41 Å². The van der Waals surface area contributed by atoms with Crippen LogP contribution in [0.2, 0.25) is 0 Å². The zero-order valence-electron chi connectivity index (χ0n) is 13.0. The molecule has 2 atom stereocenters. The molecule has 0 bridgehead atoms. The third-order valence-corrected chi connectivity index (χ3v) is 3.14. The van der Waals surface area contributed by atoms with Crippen LogP contribution in [0.1, 0.15) is 30.6 Å². The number of nitrogens with zero attached hydrogens (tertiary/aromatic N) is 1. The summed E-state index contributed by atoms with van der Waals surface area (Å²) in [6.07, 6.45) is -0.536. The van der Waals surface area contributed by atoms with E-state index in [2.05, 4.69) is 5.32 Å². The molecule has 1 aliphatic rings. The number of halogens is 2. The van der Waals surface area contributed by atoms with Gasteiger partial charge in [0, 0.05) is 19.5 Å². The summed E-state index contributed by atoms with van der Waals surface area (Å²) in [4.78, 5) is 24.1. The maximum Gasteiger partial charge on any atom is 0.253 e. The Morgan fingerprint density at radius 1 is 1.45 bits per heavy atom. The average molecular weight is 314 g/mol. The second-order valence-electron chi connectivity index (χ2n) is 4.42. The number of amides is 2. The fourth-order valence-electron chi connectivity index (χ4n) is 2.04. The van der Waals surface area contributed by atoms with E-state index in [1.54, 1.807) is 0 Å². The van der Waals surface area contributed by atoms with E-state index in [0.29, 0.717) is 6.41 Å². The van der Waals surface area contributed by atoms with Gasteiger partial charge in [0.25, 0.3) is 5.91 Å². The fourth-order valence-corrected chi connectivity index (χ4v) is 2.04. The van der Waals surface area contributed by atoms with Crippen LogP contribution in [0, 0.1) is 5.82 Å². The summed E-state index contributed by atoms with van der Waals surface area (Å²) in [5.74, 6) is -1.25. The number of methoxy groups -OCH3 is 1. The van der Waals surface area contributed by atoms with Crippen molar-refractivity contribution in [2.45, 2.75) is 32.5 Å². The largest absolute Gasteiger partial charge is 0.494 e. The van der Waals surface area contributed by atoms with E-state index in [4.69, 9.17) is 4.74 Å². The molecule has 1 fully saturated rings. The Labute approximate surface area is 128 Å². The topological polar surface area (TPSA) is 58.6 Å². The Morgan fingerprint density at radius 3 is 2.45 bits per heavy atom. The van der Waals surface area contributed by atoms with Gasteiger partial charge in [0.15, 0.2) is 0 Å². The molecule has 2 rings (SSSR count). The second-order valence-corrected chi connectivity index (χ2v) is 4.42. The highest BCUT2D eigenvalue weighted by Crippen LogP contribution is 2.40. The van der Waals surface area contributed by atoms with Crippen molar-refractivity contribution in [3.8, 4) is 5.75 Å². The Morgan fingerprint density at radius 2 is 2.05 bits per heavy atom. The molecular weight excluding hydrogens is 294 g/mol. The van der Waals surface area contributed by atoms with Crippen molar-refractivity contribution < 1.29 is 23.1 Å². The van der Waals surface area contributed by atoms with Gasteiger partial charge in [0.05, 0.1) is 24.4 Å². The molecule has 2 unspecified atom stereocenters. The average Bonchev–Trinajstić information content (AvgIpc) is 3.26. The molecule has 0 spiro atoms. The van der Waals surface area contributed by atoms with Gasteiger partial charge in [-0.3, -0.25) is 9.59 Å². The zero-order valence-corrected chi connectivity index (χ0v) is 13.0. The Kier molecular flexibility index (Phi) is 6.27.